The average Bonchev–Trinajstić information content (AvgIpc) is 2.30. The second-order valence-corrected chi connectivity index (χ2v) is 3.56. The molecule has 0 spiro atoms. The Hall–Kier alpha value is -1.34. The van der Waals surface area contributed by atoms with Crippen molar-refractivity contribution in [3.05, 3.63) is 18.1 Å². The van der Waals surface area contributed by atoms with Crippen molar-refractivity contribution in [3.8, 4) is 0 Å². The second kappa shape index (κ2) is 2.61. The summed E-state index contributed by atoms with van der Waals surface area (Å²) in [7, 11) is -3.87. The molecule has 0 aromatic carbocycles. The van der Waals surface area contributed by atoms with Crippen LogP contribution in [0.4, 0.5) is 0 Å². The van der Waals surface area contributed by atoms with Crippen molar-refractivity contribution in [1.29, 1.82) is 0 Å². The lowest BCUT2D eigenvalue weighted by Crippen LogP contribution is -2.10. The van der Waals surface area contributed by atoms with E-state index in [1.54, 1.807) is 0 Å². The van der Waals surface area contributed by atoms with Gasteiger partial charge in [-0.2, -0.15) is 0 Å². The van der Waals surface area contributed by atoms with E-state index in [-0.39, 0.29) is 4.90 Å². The topological polar surface area (TPSA) is 111 Å². The Morgan fingerprint density at radius 2 is 2.17 bits per heavy atom. The van der Waals surface area contributed by atoms with Crippen LogP contribution in [0.25, 0.3) is 0 Å². The molecular weight excluding hydrogens is 186 g/mol. The number of hydrogen-bond donors (Lipinski definition) is 2. The molecule has 1 aromatic heterocycles. The molecule has 1 heterocycles. The first kappa shape index (κ1) is 8.75. The van der Waals surface area contributed by atoms with Gasteiger partial charge in [-0.05, 0) is 0 Å². The third-order valence-corrected chi connectivity index (χ3v) is 1.99. The fraction of sp³-hybridized carbons (Fsp3) is 0. The zero-order valence-corrected chi connectivity index (χ0v) is 6.54. The van der Waals surface area contributed by atoms with Gasteiger partial charge in [0, 0.05) is 6.07 Å². The SMILES string of the molecule is NS(=O)(=O)c1coc(C(=O)O)c1. The van der Waals surface area contributed by atoms with E-state index in [0.29, 0.717) is 0 Å². The predicted octanol–water partition coefficient (Wildman–Crippen LogP) is -0.375. The van der Waals surface area contributed by atoms with Gasteiger partial charge >= 0.3 is 5.97 Å². The van der Waals surface area contributed by atoms with Crippen LogP contribution in [-0.4, -0.2) is 19.5 Å². The molecule has 0 fully saturated rings. The number of rotatable bonds is 2. The molecule has 0 bridgehead atoms. The highest BCUT2D eigenvalue weighted by Gasteiger charge is 2.15. The smallest absolute Gasteiger partial charge is 0.371 e. The van der Waals surface area contributed by atoms with Crippen LogP contribution < -0.4 is 5.14 Å². The van der Waals surface area contributed by atoms with Gasteiger partial charge in [0.1, 0.15) is 11.2 Å². The van der Waals surface area contributed by atoms with E-state index in [1.807, 2.05) is 0 Å². The van der Waals surface area contributed by atoms with E-state index >= 15 is 0 Å². The second-order valence-electron chi connectivity index (χ2n) is 2.00. The summed E-state index contributed by atoms with van der Waals surface area (Å²) in [6.07, 6.45) is 0.777. The van der Waals surface area contributed by atoms with Crippen LogP contribution in [0.3, 0.4) is 0 Å². The van der Waals surface area contributed by atoms with Crippen LogP contribution in [0.1, 0.15) is 10.6 Å². The van der Waals surface area contributed by atoms with Gasteiger partial charge < -0.3 is 9.52 Å². The molecule has 6 nitrogen and oxygen atoms in total. The monoisotopic (exact) mass is 191 g/mol. The molecule has 0 radical (unpaired) electrons. The highest BCUT2D eigenvalue weighted by Crippen LogP contribution is 2.11. The highest BCUT2D eigenvalue weighted by atomic mass is 32.2. The van der Waals surface area contributed by atoms with Gasteiger partial charge in [-0.1, -0.05) is 0 Å². The Morgan fingerprint density at radius 3 is 2.42 bits per heavy atom. The molecule has 0 atom stereocenters. The maximum absolute atomic E-state index is 10.6. The largest absolute Gasteiger partial charge is 0.475 e. The molecule has 66 valence electrons. The lowest BCUT2D eigenvalue weighted by molar-refractivity contribution is 0.0662. The fourth-order valence-electron chi connectivity index (χ4n) is 0.580. The molecule has 0 aliphatic carbocycles. The number of nitrogens with two attached hydrogens (primary N) is 1. The molecule has 0 saturated heterocycles. The van der Waals surface area contributed by atoms with Crippen LogP contribution in [0.15, 0.2) is 21.6 Å². The summed E-state index contributed by atoms with van der Waals surface area (Å²) >= 11 is 0. The molecule has 0 unspecified atom stereocenters. The third kappa shape index (κ3) is 1.63. The van der Waals surface area contributed by atoms with Gasteiger partial charge in [0.05, 0.1) is 0 Å². The summed E-state index contributed by atoms with van der Waals surface area (Å²) in [6.45, 7) is 0. The molecule has 0 saturated carbocycles. The number of primary sulfonamides is 1. The maximum Gasteiger partial charge on any atom is 0.371 e. The molecule has 3 N–H and O–H groups in total. The van der Waals surface area contributed by atoms with Gasteiger partial charge in [0.25, 0.3) is 0 Å². The standard InChI is InChI=1S/C5H5NO5S/c6-12(9,10)3-1-4(5(7)8)11-2-3/h1-2H,(H,7,8)(H2,6,9,10). The first-order chi connectivity index (χ1) is 5.41. The van der Waals surface area contributed by atoms with E-state index in [1.165, 1.54) is 0 Å². The van der Waals surface area contributed by atoms with Crippen LogP contribution in [0.2, 0.25) is 0 Å². The summed E-state index contributed by atoms with van der Waals surface area (Å²) in [5.41, 5.74) is 0. The minimum atomic E-state index is -3.87. The first-order valence-corrected chi connectivity index (χ1v) is 4.30. The van der Waals surface area contributed by atoms with Gasteiger partial charge in [-0.15, -0.1) is 0 Å². The van der Waals surface area contributed by atoms with E-state index in [0.717, 1.165) is 12.3 Å². The molecule has 1 aromatic rings. The number of carboxylic acid groups (broad SMARTS) is 1. The van der Waals surface area contributed by atoms with Crippen molar-refractivity contribution >= 4 is 16.0 Å². The zero-order valence-electron chi connectivity index (χ0n) is 5.72. The van der Waals surface area contributed by atoms with Crippen molar-refractivity contribution in [1.82, 2.24) is 0 Å². The van der Waals surface area contributed by atoms with Gasteiger partial charge in [0.2, 0.25) is 15.8 Å². The van der Waals surface area contributed by atoms with Crippen molar-refractivity contribution in [2.75, 3.05) is 0 Å². The lowest BCUT2D eigenvalue weighted by atomic mass is 10.5. The van der Waals surface area contributed by atoms with E-state index < -0.39 is 21.8 Å². The van der Waals surface area contributed by atoms with Crippen molar-refractivity contribution in [2.45, 2.75) is 4.90 Å². The Bertz CT molecular complexity index is 403. The van der Waals surface area contributed by atoms with Crippen LogP contribution in [-0.2, 0) is 10.0 Å². The molecular formula is C5H5NO5S. The van der Waals surface area contributed by atoms with Crippen LogP contribution >= 0.6 is 0 Å². The predicted molar refractivity (Wildman–Crippen MR) is 37.0 cm³/mol. The van der Waals surface area contributed by atoms with Crippen molar-refractivity contribution in [3.63, 3.8) is 0 Å². The van der Waals surface area contributed by atoms with Gasteiger partial charge in [-0.3, -0.25) is 0 Å². The summed E-state index contributed by atoms with van der Waals surface area (Å²) in [5, 5.41) is 13.0. The maximum atomic E-state index is 10.6. The van der Waals surface area contributed by atoms with Crippen molar-refractivity contribution < 1.29 is 22.7 Å². The van der Waals surface area contributed by atoms with Gasteiger partial charge in [-0.25, -0.2) is 18.4 Å². The molecule has 1 rings (SSSR count). The molecule has 12 heavy (non-hydrogen) atoms. The Labute approximate surface area is 67.6 Å². The molecule has 0 amide bonds. The number of carbonyl (C=O) groups is 1. The first-order valence-electron chi connectivity index (χ1n) is 2.76. The normalized spacial score (nSPS) is 11.4. The minimum Gasteiger partial charge on any atom is -0.475 e. The summed E-state index contributed by atoms with van der Waals surface area (Å²) in [5.74, 6) is -1.80. The van der Waals surface area contributed by atoms with Crippen LogP contribution in [0.5, 0.6) is 0 Å². The number of furan rings is 1. The summed E-state index contributed by atoms with van der Waals surface area (Å²) < 4.78 is 25.6. The average molecular weight is 191 g/mol. The Morgan fingerprint density at radius 1 is 1.58 bits per heavy atom. The van der Waals surface area contributed by atoms with Crippen molar-refractivity contribution in [2.24, 2.45) is 5.14 Å². The Balaban J connectivity index is 3.17. The molecule has 7 heteroatoms. The minimum absolute atomic E-state index is 0.347. The zero-order chi connectivity index (χ0) is 9.35. The molecule has 0 aliphatic heterocycles. The lowest BCUT2D eigenvalue weighted by Gasteiger charge is -1.86. The number of hydrogen-bond acceptors (Lipinski definition) is 4. The quantitative estimate of drug-likeness (QED) is 0.662. The number of carboxylic acids is 1. The number of aromatic carboxylic acids is 1. The molecule has 0 aliphatic rings. The highest BCUT2D eigenvalue weighted by molar-refractivity contribution is 7.89. The van der Waals surface area contributed by atoms with E-state index in [2.05, 4.69) is 9.56 Å². The van der Waals surface area contributed by atoms with E-state index in [4.69, 9.17) is 5.11 Å². The third-order valence-electron chi connectivity index (χ3n) is 1.11. The fourth-order valence-corrected chi connectivity index (χ4v) is 1.03. The number of sulfonamides is 1. The van der Waals surface area contributed by atoms with Gasteiger partial charge in [0.15, 0.2) is 0 Å². The summed E-state index contributed by atoms with van der Waals surface area (Å²) in [6, 6.07) is 0.845. The summed E-state index contributed by atoms with van der Waals surface area (Å²) in [4.78, 5) is 9.86. The Kier molecular flexibility index (Phi) is 1.90. The van der Waals surface area contributed by atoms with Crippen LogP contribution in [0, 0.1) is 0 Å². The van der Waals surface area contributed by atoms with E-state index in [9.17, 15) is 13.2 Å².